The number of benzene rings is 1. The van der Waals surface area contributed by atoms with Crippen LogP contribution in [-0.4, -0.2) is 17.0 Å². The van der Waals surface area contributed by atoms with Crippen molar-refractivity contribution < 1.29 is 4.79 Å². The molecule has 0 aliphatic heterocycles. The molecular formula is C13H17N3O. The first-order valence-electron chi connectivity index (χ1n) is 5.71. The third kappa shape index (κ3) is 2.09. The summed E-state index contributed by atoms with van der Waals surface area (Å²) < 4.78 is 1.64. The SMILES string of the molecule is CC(=O)n1cc([C@@H](N)CCN)c2ccccc21. The Kier molecular flexibility index (Phi) is 3.26. The van der Waals surface area contributed by atoms with Crippen LogP contribution in [0.5, 0.6) is 0 Å². The van der Waals surface area contributed by atoms with Crippen LogP contribution in [0.15, 0.2) is 30.5 Å². The van der Waals surface area contributed by atoms with E-state index in [1.165, 1.54) is 0 Å². The largest absolute Gasteiger partial charge is 0.330 e. The van der Waals surface area contributed by atoms with Gasteiger partial charge in [0.1, 0.15) is 0 Å². The first-order valence-corrected chi connectivity index (χ1v) is 5.71. The maximum atomic E-state index is 11.6. The average Bonchev–Trinajstić information content (AvgIpc) is 2.69. The minimum Gasteiger partial charge on any atom is -0.330 e. The lowest BCUT2D eigenvalue weighted by molar-refractivity contribution is 0.0941. The third-order valence-electron chi connectivity index (χ3n) is 2.96. The molecule has 0 amide bonds. The Morgan fingerprint density at radius 1 is 1.41 bits per heavy atom. The highest BCUT2D eigenvalue weighted by molar-refractivity contribution is 5.93. The molecule has 0 spiro atoms. The fourth-order valence-electron chi connectivity index (χ4n) is 2.10. The van der Waals surface area contributed by atoms with Crippen LogP contribution in [-0.2, 0) is 0 Å². The maximum absolute atomic E-state index is 11.6. The van der Waals surface area contributed by atoms with E-state index < -0.39 is 0 Å². The van der Waals surface area contributed by atoms with Gasteiger partial charge in [-0.15, -0.1) is 0 Å². The molecule has 4 nitrogen and oxygen atoms in total. The second kappa shape index (κ2) is 4.69. The molecule has 0 aliphatic rings. The summed E-state index contributed by atoms with van der Waals surface area (Å²) in [6, 6.07) is 7.66. The van der Waals surface area contributed by atoms with E-state index in [0.717, 1.165) is 16.5 Å². The van der Waals surface area contributed by atoms with Gasteiger partial charge in [0.25, 0.3) is 0 Å². The number of nitrogens with two attached hydrogens (primary N) is 2. The summed E-state index contributed by atoms with van der Waals surface area (Å²) in [6.07, 6.45) is 2.54. The molecule has 1 aromatic carbocycles. The summed E-state index contributed by atoms with van der Waals surface area (Å²) in [5.74, 6) is -0.00704. The molecule has 2 aromatic rings. The van der Waals surface area contributed by atoms with Gasteiger partial charge >= 0.3 is 0 Å². The van der Waals surface area contributed by atoms with Crippen LogP contribution in [0.4, 0.5) is 0 Å². The van der Waals surface area contributed by atoms with Crippen LogP contribution >= 0.6 is 0 Å². The molecular weight excluding hydrogens is 214 g/mol. The van der Waals surface area contributed by atoms with E-state index in [1.54, 1.807) is 11.5 Å². The second-order valence-corrected chi connectivity index (χ2v) is 4.17. The van der Waals surface area contributed by atoms with Crippen LogP contribution in [0.3, 0.4) is 0 Å². The first kappa shape index (κ1) is 11.8. The normalized spacial score (nSPS) is 12.9. The quantitative estimate of drug-likeness (QED) is 0.843. The van der Waals surface area contributed by atoms with E-state index >= 15 is 0 Å². The summed E-state index contributed by atoms with van der Waals surface area (Å²) in [6.45, 7) is 2.09. The first-order chi connectivity index (χ1) is 8.15. The third-order valence-corrected chi connectivity index (χ3v) is 2.96. The van der Waals surface area contributed by atoms with E-state index in [1.807, 2.05) is 30.5 Å². The van der Waals surface area contributed by atoms with E-state index in [4.69, 9.17) is 11.5 Å². The molecule has 0 bridgehead atoms. The van der Waals surface area contributed by atoms with Crippen molar-refractivity contribution in [2.45, 2.75) is 19.4 Å². The lowest BCUT2D eigenvalue weighted by Gasteiger charge is -2.08. The number of nitrogens with zero attached hydrogens (tertiary/aromatic N) is 1. The van der Waals surface area contributed by atoms with Gasteiger partial charge in [-0.2, -0.15) is 0 Å². The number of carbonyl (C=O) groups is 1. The highest BCUT2D eigenvalue weighted by atomic mass is 16.1. The van der Waals surface area contributed by atoms with E-state index in [0.29, 0.717) is 13.0 Å². The van der Waals surface area contributed by atoms with Crippen molar-refractivity contribution in [2.24, 2.45) is 11.5 Å². The van der Waals surface area contributed by atoms with Crippen molar-refractivity contribution in [3.8, 4) is 0 Å². The standard InChI is InChI=1S/C13H17N3O/c1-9(17)16-8-11(12(15)6-7-14)10-4-2-3-5-13(10)16/h2-5,8,12H,6-7,14-15H2,1H3/t12-/m0/s1. The van der Waals surface area contributed by atoms with Crippen molar-refractivity contribution in [3.63, 3.8) is 0 Å². The van der Waals surface area contributed by atoms with Crippen LogP contribution in [0, 0.1) is 0 Å². The predicted octanol–water partition coefficient (Wildman–Crippen LogP) is 1.65. The minimum absolute atomic E-state index is 0.00704. The predicted molar refractivity (Wildman–Crippen MR) is 68.8 cm³/mol. The number of aromatic nitrogens is 1. The van der Waals surface area contributed by atoms with Crippen molar-refractivity contribution in [3.05, 3.63) is 36.0 Å². The van der Waals surface area contributed by atoms with Crippen LogP contribution < -0.4 is 11.5 Å². The zero-order valence-corrected chi connectivity index (χ0v) is 9.89. The van der Waals surface area contributed by atoms with Gasteiger partial charge in [0.15, 0.2) is 0 Å². The highest BCUT2D eigenvalue weighted by Crippen LogP contribution is 2.26. The molecule has 4 heteroatoms. The van der Waals surface area contributed by atoms with Crippen LogP contribution in [0.2, 0.25) is 0 Å². The van der Waals surface area contributed by atoms with Gasteiger partial charge in [-0.1, -0.05) is 18.2 Å². The molecule has 1 aromatic heterocycles. The van der Waals surface area contributed by atoms with Crippen molar-refractivity contribution in [1.82, 2.24) is 4.57 Å². The Bertz CT molecular complexity index is 545. The van der Waals surface area contributed by atoms with E-state index in [9.17, 15) is 4.79 Å². The number of fused-ring (bicyclic) bond motifs is 1. The topological polar surface area (TPSA) is 74.0 Å². The number of para-hydroxylation sites is 1. The van der Waals surface area contributed by atoms with Gasteiger partial charge in [-0.3, -0.25) is 9.36 Å². The van der Waals surface area contributed by atoms with Gasteiger partial charge in [-0.05, 0) is 24.6 Å². The highest BCUT2D eigenvalue weighted by Gasteiger charge is 2.15. The number of hydrogen-bond donors (Lipinski definition) is 2. The zero-order chi connectivity index (χ0) is 12.4. The summed E-state index contributed by atoms with van der Waals surface area (Å²) in [5, 5.41) is 1.03. The lowest BCUT2D eigenvalue weighted by atomic mass is 10.0. The van der Waals surface area contributed by atoms with Crippen molar-refractivity contribution in [1.29, 1.82) is 0 Å². The van der Waals surface area contributed by atoms with Gasteiger partial charge in [0.2, 0.25) is 5.91 Å². The Morgan fingerprint density at radius 3 is 2.76 bits per heavy atom. The smallest absolute Gasteiger partial charge is 0.227 e. The van der Waals surface area contributed by atoms with Gasteiger partial charge in [-0.25, -0.2) is 0 Å². The fourth-order valence-corrected chi connectivity index (χ4v) is 2.10. The monoisotopic (exact) mass is 231 g/mol. The second-order valence-electron chi connectivity index (χ2n) is 4.17. The number of hydrogen-bond acceptors (Lipinski definition) is 3. The molecule has 0 saturated carbocycles. The molecule has 0 unspecified atom stereocenters. The fraction of sp³-hybridized carbons (Fsp3) is 0.308. The summed E-state index contributed by atoms with van der Waals surface area (Å²) in [7, 11) is 0. The molecule has 0 fully saturated rings. The van der Waals surface area contributed by atoms with Gasteiger partial charge < -0.3 is 11.5 Å². The minimum atomic E-state index is -0.120. The van der Waals surface area contributed by atoms with Gasteiger partial charge in [0, 0.05) is 24.5 Å². The molecule has 2 rings (SSSR count). The Balaban J connectivity index is 2.60. The molecule has 0 saturated heterocycles. The maximum Gasteiger partial charge on any atom is 0.227 e. The van der Waals surface area contributed by atoms with E-state index in [-0.39, 0.29) is 11.9 Å². The molecule has 1 atom stereocenters. The lowest BCUT2D eigenvalue weighted by Crippen LogP contribution is -2.15. The molecule has 0 aliphatic carbocycles. The Hall–Kier alpha value is -1.65. The molecule has 1 heterocycles. The summed E-state index contributed by atoms with van der Waals surface area (Å²) >= 11 is 0. The van der Waals surface area contributed by atoms with Crippen LogP contribution in [0.25, 0.3) is 10.9 Å². The molecule has 4 N–H and O–H groups in total. The molecule has 17 heavy (non-hydrogen) atoms. The van der Waals surface area contributed by atoms with Crippen molar-refractivity contribution in [2.75, 3.05) is 6.54 Å². The van der Waals surface area contributed by atoms with Crippen molar-refractivity contribution >= 4 is 16.8 Å². The molecule has 90 valence electrons. The Labute approximate surface area is 100 Å². The zero-order valence-electron chi connectivity index (χ0n) is 9.89. The Morgan fingerprint density at radius 2 is 2.12 bits per heavy atom. The summed E-state index contributed by atoms with van der Waals surface area (Å²) in [5.41, 5.74) is 13.5. The average molecular weight is 231 g/mol. The van der Waals surface area contributed by atoms with E-state index in [2.05, 4.69) is 0 Å². The number of rotatable bonds is 3. The number of carbonyl (C=O) groups excluding carboxylic acids is 1. The summed E-state index contributed by atoms with van der Waals surface area (Å²) in [4.78, 5) is 11.6. The van der Waals surface area contributed by atoms with Crippen LogP contribution in [0.1, 0.15) is 29.7 Å². The molecule has 0 radical (unpaired) electrons. The van der Waals surface area contributed by atoms with Gasteiger partial charge in [0.05, 0.1) is 5.52 Å².